The molecule has 1 aliphatic carbocycles. The lowest BCUT2D eigenvalue weighted by atomic mass is 10.0. The number of carbonyl (C=O) groups excluding carboxylic acids is 1. The van der Waals surface area contributed by atoms with Gasteiger partial charge in [0.15, 0.2) is 0 Å². The summed E-state index contributed by atoms with van der Waals surface area (Å²) in [6.07, 6.45) is 7.98. The number of nitrogens with one attached hydrogen (secondary N) is 2. The zero-order chi connectivity index (χ0) is 11.9. The molecule has 0 spiro atoms. The van der Waals surface area contributed by atoms with Crippen molar-refractivity contribution < 1.29 is 9.53 Å². The Labute approximate surface area is 103 Å². The molecule has 1 atom stereocenters. The van der Waals surface area contributed by atoms with E-state index in [2.05, 4.69) is 10.6 Å². The van der Waals surface area contributed by atoms with Crippen molar-refractivity contribution in [1.82, 2.24) is 10.6 Å². The first kappa shape index (κ1) is 12.8. The highest BCUT2D eigenvalue weighted by atomic mass is 16.5. The van der Waals surface area contributed by atoms with E-state index in [0.29, 0.717) is 13.2 Å². The van der Waals surface area contributed by atoms with Crippen LogP contribution in [0, 0.1) is 5.92 Å². The molecule has 17 heavy (non-hydrogen) atoms. The SMILES string of the molecule is O=C(NCCCC1CCCC1)C1COCCN1. The van der Waals surface area contributed by atoms with Crippen LogP contribution in [-0.4, -0.2) is 38.3 Å². The summed E-state index contributed by atoms with van der Waals surface area (Å²) in [6, 6.07) is -0.143. The van der Waals surface area contributed by atoms with Crippen LogP contribution < -0.4 is 10.6 Å². The Morgan fingerprint density at radius 1 is 1.35 bits per heavy atom. The highest BCUT2D eigenvalue weighted by Crippen LogP contribution is 2.28. The Balaban J connectivity index is 1.53. The van der Waals surface area contributed by atoms with Gasteiger partial charge in [0.25, 0.3) is 0 Å². The summed E-state index contributed by atoms with van der Waals surface area (Å²) in [6.45, 7) is 2.81. The molecule has 0 aromatic heterocycles. The molecule has 2 fully saturated rings. The summed E-state index contributed by atoms with van der Waals surface area (Å²) in [5.41, 5.74) is 0. The fourth-order valence-corrected chi connectivity index (χ4v) is 2.76. The topological polar surface area (TPSA) is 50.4 Å². The van der Waals surface area contributed by atoms with Crippen molar-refractivity contribution >= 4 is 5.91 Å². The second kappa shape index (κ2) is 6.97. The molecule has 2 rings (SSSR count). The van der Waals surface area contributed by atoms with Crippen LogP contribution in [0.4, 0.5) is 0 Å². The molecule has 2 N–H and O–H groups in total. The van der Waals surface area contributed by atoms with Crippen LogP contribution in [0.2, 0.25) is 0 Å². The van der Waals surface area contributed by atoms with Crippen LogP contribution >= 0.6 is 0 Å². The molecule has 4 heteroatoms. The van der Waals surface area contributed by atoms with E-state index in [9.17, 15) is 4.79 Å². The Morgan fingerprint density at radius 2 is 2.18 bits per heavy atom. The number of amides is 1. The van der Waals surface area contributed by atoms with Gasteiger partial charge in [0.1, 0.15) is 6.04 Å². The third-order valence-electron chi connectivity index (χ3n) is 3.80. The van der Waals surface area contributed by atoms with E-state index in [4.69, 9.17) is 4.74 Å². The van der Waals surface area contributed by atoms with Crippen molar-refractivity contribution in [2.75, 3.05) is 26.3 Å². The maximum atomic E-state index is 11.7. The zero-order valence-corrected chi connectivity index (χ0v) is 10.5. The maximum Gasteiger partial charge on any atom is 0.239 e. The van der Waals surface area contributed by atoms with Crippen LogP contribution in [-0.2, 0) is 9.53 Å². The molecule has 2 aliphatic rings. The Kier molecular flexibility index (Phi) is 5.26. The normalized spacial score (nSPS) is 26.0. The fraction of sp³-hybridized carbons (Fsp3) is 0.923. The van der Waals surface area contributed by atoms with Gasteiger partial charge in [-0.05, 0) is 18.8 Å². The number of rotatable bonds is 5. The van der Waals surface area contributed by atoms with Crippen LogP contribution in [0.3, 0.4) is 0 Å². The van der Waals surface area contributed by atoms with E-state index < -0.39 is 0 Å². The predicted octanol–water partition coefficient (Wildman–Crippen LogP) is 1.06. The molecule has 1 saturated carbocycles. The molecule has 98 valence electrons. The summed E-state index contributed by atoms with van der Waals surface area (Å²) in [7, 11) is 0. The standard InChI is InChI=1S/C13H24N2O2/c16-13(12-10-17-9-8-14-12)15-7-3-6-11-4-1-2-5-11/h11-12,14H,1-10H2,(H,15,16). The van der Waals surface area contributed by atoms with E-state index >= 15 is 0 Å². The first-order valence-corrected chi connectivity index (χ1v) is 6.95. The van der Waals surface area contributed by atoms with Gasteiger partial charge < -0.3 is 15.4 Å². The Morgan fingerprint density at radius 3 is 2.88 bits per heavy atom. The first-order valence-electron chi connectivity index (χ1n) is 6.95. The highest BCUT2D eigenvalue weighted by molar-refractivity contribution is 5.81. The molecule has 1 heterocycles. The number of ether oxygens (including phenoxy) is 1. The molecule has 1 amide bonds. The Bertz CT molecular complexity index is 234. The van der Waals surface area contributed by atoms with Gasteiger partial charge in [0.05, 0.1) is 13.2 Å². The van der Waals surface area contributed by atoms with Crippen LogP contribution in [0.25, 0.3) is 0 Å². The molecule has 0 radical (unpaired) electrons. The summed E-state index contributed by atoms with van der Waals surface area (Å²) < 4.78 is 5.27. The Hall–Kier alpha value is -0.610. The first-order chi connectivity index (χ1) is 8.36. The summed E-state index contributed by atoms with van der Waals surface area (Å²) in [5, 5.41) is 6.16. The predicted molar refractivity (Wildman–Crippen MR) is 66.8 cm³/mol. The number of hydrogen-bond donors (Lipinski definition) is 2. The number of hydrogen-bond acceptors (Lipinski definition) is 3. The van der Waals surface area contributed by atoms with E-state index in [-0.39, 0.29) is 11.9 Å². The molecule has 0 bridgehead atoms. The molecule has 0 aromatic rings. The smallest absolute Gasteiger partial charge is 0.239 e. The van der Waals surface area contributed by atoms with Crippen molar-refractivity contribution in [3.05, 3.63) is 0 Å². The molecule has 4 nitrogen and oxygen atoms in total. The minimum atomic E-state index is -0.143. The molecule has 1 saturated heterocycles. The third-order valence-corrected chi connectivity index (χ3v) is 3.80. The second-order valence-corrected chi connectivity index (χ2v) is 5.17. The van der Waals surface area contributed by atoms with Crippen molar-refractivity contribution in [3.63, 3.8) is 0 Å². The van der Waals surface area contributed by atoms with Gasteiger partial charge in [0.2, 0.25) is 5.91 Å². The lowest BCUT2D eigenvalue weighted by molar-refractivity contribution is -0.125. The highest BCUT2D eigenvalue weighted by Gasteiger charge is 2.20. The molecular formula is C13H24N2O2. The van der Waals surface area contributed by atoms with Gasteiger partial charge in [-0.1, -0.05) is 25.7 Å². The van der Waals surface area contributed by atoms with E-state index in [1.54, 1.807) is 0 Å². The van der Waals surface area contributed by atoms with Gasteiger partial charge in [-0.25, -0.2) is 0 Å². The molecular weight excluding hydrogens is 216 g/mol. The summed E-state index contributed by atoms with van der Waals surface area (Å²) in [5.74, 6) is 1.01. The van der Waals surface area contributed by atoms with E-state index in [1.165, 1.54) is 32.1 Å². The van der Waals surface area contributed by atoms with Crippen molar-refractivity contribution in [2.24, 2.45) is 5.92 Å². The fourth-order valence-electron chi connectivity index (χ4n) is 2.76. The second-order valence-electron chi connectivity index (χ2n) is 5.17. The average molecular weight is 240 g/mol. The lowest BCUT2D eigenvalue weighted by Gasteiger charge is -2.23. The van der Waals surface area contributed by atoms with Crippen molar-refractivity contribution in [1.29, 1.82) is 0 Å². The van der Waals surface area contributed by atoms with Crippen LogP contribution in [0.15, 0.2) is 0 Å². The average Bonchev–Trinajstić information content (AvgIpc) is 2.88. The van der Waals surface area contributed by atoms with Gasteiger partial charge in [0, 0.05) is 13.1 Å². The number of carbonyl (C=O) groups is 1. The molecule has 1 aliphatic heterocycles. The third kappa shape index (κ3) is 4.28. The van der Waals surface area contributed by atoms with E-state index in [0.717, 1.165) is 25.4 Å². The molecule has 0 aromatic carbocycles. The van der Waals surface area contributed by atoms with Crippen LogP contribution in [0.1, 0.15) is 38.5 Å². The largest absolute Gasteiger partial charge is 0.378 e. The van der Waals surface area contributed by atoms with Crippen molar-refractivity contribution in [2.45, 2.75) is 44.6 Å². The minimum Gasteiger partial charge on any atom is -0.378 e. The monoisotopic (exact) mass is 240 g/mol. The van der Waals surface area contributed by atoms with Gasteiger partial charge in [-0.2, -0.15) is 0 Å². The maximum absolute atomic E-state index is 11.7. The van der Waals surface area contributed by atoms with Gasteiger partial charge in [-0.15, -0.1) is 0 Å². The molecule has 1 unspecified atom stereocenters. The van der Waals surface area contributed by atoms with Crippen LogP contribution in [0.5, 0.6) is 0 Å². The summed E-state index contributed by atoms with van der Waals surface area (Å²) >= 11 is 0. The quantitative estimate of drug-likeness (QED) is 0.707. The van der Waals surface area contributed by atoms with Gasteiger partial charge in [-0.3, -0.25) is 4.79 Å². The van der Waals surface area contributed by atoms with Gasteiger partial charge >= 0.3 is 0 Å². The lowest BCUT2D eigenvalue weighted by Crippen LogP contribution is -2.51. The van der Waals surface area contributed by atoms with Crippen molar-refractivity contribution in [3.8, 4) is 0 Å². The number of morpholine rings is 1. The zero-order valence-electron chi connectivity index (χ0n) is 10.5. The van der Waals surface area contributed by atoms with E-state index in [1.807, 2.05) is 0 Å². The minimum absolute atomic E-state index is 0.0936. The summed E-state index contributed by atoms with van der Waals surface area (Å²) in [4.78, 5) is 11.7.